The maximum atomic E-state index is 6.27. The Kier molecular flexibility index (Phi) is 5.99. The molecule has 3 nitrogen and oxygen atoms in total. The molecular weight excluding hydrogens is 246 g/mol. The average Bonchev–Trinajstić information content (AvgIpc) is 2.66. The van der Waals surface area contributed by atoms with E-state index in [-0.39, 0.29) is 6.04 Å². The first-order valence-corrected chi connectivity index (χ1v) is 8.12. The van der Waals surface area contributed by atoms with Crippen LogP contribution in [0.15, 0.2) is 24.5 Å². The predicted molar refractivity (Wildman–Crippen MR) is 84.4 cm³/mol. The number of likely N-dealkylation sites (tertiary alicyclic amines) is 1. The van der Waals surface area contributed by atoms with Gasteiger partial charge in [0.15, 0.2) is 0 Å². The Hall–Kier alpha value is -0.930. The van der Waals surface area contributed by atoms with Gasteiger partial charge >= 0.3 is 0 Å². The van der Waals surface area contributed by atoms with E-state index in [9.17, 15) is 0 Å². The first-order chi connectivity index (χ1) is 9.72. The molecule has 0 spiro atoms. The molecule has 0 aliphatic carbocycles. The van der Waals surface area contributed by atoms with E-state index in [2.05, 4.69) is 29.8 Å². The van der Waals surface area contributed by atoms with Crippen LogP contribution in [-0.4, -0.2) is 29.0 Å². The Morgan fingerprint density at radius 1 is 1.40 bits per heavy atom. The van der Waals surface area contributed by atoms with E-state index in [0.29, 0.717) is 6.04 Å². The number of rotatable bonds is 5. The zero-order valence-electron chi connectivity index (χ0n) is 13.0. The van der Waals surface area contributed by atoms with Crippen LogP contribution in [0.4, 0.5) is 0 Å². The molecule has 2 N–H and O–H groups in total. The number of hydrogen-bond donors (Lipinski definition) is 1. The van der Waals surface area contributed by atoms with Gasteiger partial charge < -0.3 is 5.73 Å². The molecule has 1 aromatic rings. The largest absolute Gasteiger partial charge is 0.326 e. The fourth-order valence-electron chi connectivity index (χ4n) is 3.56. The van der Waals surface area contributed by atoms with Crippen LogP contribution >= 0.6 is 0 Å². The third-order valence-electron chi connectivity index (χ3n) is 4.50. The highest BCUT2D eigenvalue weighted by atomic mass is 15.2. The molecule has 0 saturated carbocycles. The first-order valence-electron chi connectivity index (χ1n) is 8.12. The standard InChI is InChI=1S/C17H29N3/c1-3-6-15-7-5-11-20(12-9-15)17(14(2)18)16-8-4-10-19-13-16/h4,8,10,13-15,17H,3,5-7,9,11-12,18H2,1-2H3. The van der Waals surface area contributed by atoms with E-state index in [1.54, 1.807) is 0 Å². The van der Waals surface area contributed by atoms with Crippen molar-refractivity contribution in [1.82, 2.24) is 9.88 Å². The molecule has 20 heavy (non-hydrogen) atoms. The van der Waals surface area contributed by atoms with Gasteiger partial charge in [0, 0.05) is 18.4 Å². The minimum absolute atomic E-state index is 0.141. The van der Waals surface area contributed by atoms with E-state index >= 15 is 0 Å². The summed E-state index contributed by atoms with van der Waals surface area (Å²) in [6.45, 7) is 6.75. The first kappa shape index (κ1) is 15.5. The van der Waals surface area contributed by atoms with Crippen molar-refractivity contribution in [3.05, 3.63) is 30.1 Å². The van der Waals surface area contributed by atoms with Crippen LogP contribution in [0.3, 0.4) is 0 Å². The number of nitrogens with zero attached hydrogens (tertiary/aromatic N) is 2. The highest BCUT2D eigenvalue weighted by Gasteiger charge is 2.26. The van der Waals surface area contributed by atoms with Gasteiger partial charge in [-0.05, 0) is 56.8 Å². The minimum Gasteiger partial charge on any atom is -0.326 e. The van der Waals surface area contributed by atoms with Crippen LogP contribution < -0.4 is 5.73 Å². The number of hydrogen-bond acceptors (Lipinski definition) is 3. The van der Waals surface area contributed by atoms with Crippen molar-refractivity contribution in [3.8, 4) is 0 Å². The smallest absolute Gasteiger partial charge is 0.0511 e. The molecular formula is C17H29N3. The van der Waals surface area contributed by atoms with Crippen LogP contribution in [0.1, 0.15) is 57.6 Å². The fourth-order valence-corrected chi connectivity index (χ4v) is 3.56. The molecule has 112 valence electrons. The SMILES string of the molecule is CCCC1CCCN(C(c2cccnc2)C(C)N)CC1. The van der Waals surface area contributed by atoms with Crippen LogP contribution in [0.5, 0.6) is 0 Å². The van der Waals surface area contributed by atoms with Gasteiger partial charge in [-0.3, -0.25) is 9.88 Å². The lowest BCUT2D eigenvalue weighted by Gasteiger charge is -2.33. The van der Waals surface area contributed by atoms with Gasteiger partial charge in [-0.25, -0.2) is 0 Å². The van der Waals surface area contributed by atoms with Crippen molar-refractivity contribution in [2.45, 2.75) is 58.0 Å². The third kappa shape index (κ3) is 4.03. The number of pyridine rings is 1. The summed E-state index contributed by atoms with van der Waals surface area (Å²) < 4.78 is 0. The van der Waals surface area contributed by atoms with Crippen molar-refractivity contribution >= 4 is 0 Å². The summed E-state index contributed by atoms with van der Waals surface area (Å²) in [7, 11) is 0. The summed E-state index contributed by atoms with van der Waals surface area (Å²) in [4.78, 5) is 6.85. The van der Waals surface area contributed by atoms with Crippen molar-refractivity contribution in [3.63, 3.8) is 0 Å². The second kappa shape index (κ2) is 7.75. The molecule has 2 rings (SSSR count). The monoisotopic (exact) mass is 275 g/mol. The molecule has 3 heteroatoms. The summed E-state index contributed by atoms with van der Waals surface area (Å²) in [5.41, 5.74) is 7.54. The molecule has 0 radical (unpaired) electrons. The molecule has 0 amide bonds. The molecule has 1 saturated heterocycles. The minimum atomic E-state index is 0.141. The van der Waals surface area contributed by atoms with Gasteiger partial charge in [0.05, 0.1) is 6.04 Å². The molecule has 1 aliphatic rings. The Bertz CT molecular complexity index is 377. The summed E-state index contributed by atoms with van der Waals surface area (Å²) in [5.74, 6) is 0.910. The topological polar surface area (TPSA) is 42.2 Å². The van der Waals surface area contributed by atoms with Crippen molar-refractivity contribution in [1.29, 1.82) is 0 Å². The molecule has 2 heterocycles. The fraction of sp³-hybridized carbons (Fsp3) is 0.706. The molecule has 3 atom stereocenters. The van der Waals surface area contributed by atoms with Crippen molar-refractivity contribution in [2.75, 3.05) is 13.1 Å². The zero-order chi connectivity index (χ0) is 14.4. The van der Waals surface area contributed by atoms with E-state index in [0.717, 1.165) is 5.92 Å². The summed E-state index contributed by atoms with van der Waals surface area (Å²) in [5, 5.41) is 0. The quantitative estimate of drug-likeness (QED) is 0.896. The van der Waals surface area contributed by atoms with Gasteiger partial charge in [0.1, 0.15) is 0 Å². The van der Waals surface area contributed by atoms with Crippen molar-refractivity contribution in [2.24, 2.45) is 11.7 Å². The van der Waals surface area contributed by atoms with Gasteiger partial charge in [0.2, 0.25) is 0 Å². The van der Waals surface area contributed by atoms with Crippen molar-refractivity contribution < 1.29 is 0 Å². The summed E-state index contributed by atoms with van der Waals surface area (Å²) in [6, 6.07) is 4.63. The van der Waals surface area contributed by atoms with Gasteiger partial charge in [-0.15, -0.1) is 0 Å². The highest BCUT2D eigenvalue weighted by molar-refractivity contribution is 5.16. The predicted octanol–water partition coefficient (Wildman–Crippen LogP) is 3.37. The van der Waals surface area contributed by atoms with Gasteiger partial charge in [-0.2, -0.15) is 0 Å². The second-order valence-electron chi connectivity index (χ2n) is 6.21. The lowest BCUT2D eigenvalue weighted by molar-refractivity contribution is 0.180. The van der Waals surface area contributed by atoms with Crippen LogP contribution in [0.25, 0.3) is 0 Å². The molecule has 1 aromatic heterocycles. The molecule has 3 unspecified atom stereocenters. The van der Waals surface area contributed by atoms with Gasteiger partial charge in [0.25, 0.3) is 0 Å². The summed E-state index contributed by atoms with van der Waals surface area (Å²) in [6.07, 6.45) is 10.5. The van der Waals surface area contributed by atoms with E-state index in [4.69, 9.17) is 5.73 Å². The molecule has 0 aromatic carbocycles. The van der Waals surface area contributed by atoms with Crippen LogP contribution in [0, 0.1) is 5.92 Å². The maximum Gasteiger partial charge on any atom is 0.0511 e. The van der Waals surface area contributed by atoms with E-state index in [1.807, 2.05) is 18.5 Å². The maximum absolute atomic E-state index is 6.27. The zero-order valence-corrected chi connectivity index (χ0v) is 13.0. The highest BCUT2D eigenvalue weighted by Crippen LogP contribution is 2.29. The third-order valence-corrected chi connectivity index (χ3v) is 4.50. The summed E-state index contributed by atoms with van der Waals surface area (Å²) >= 11 is 0. The molecule has 1 aliphatic heterocycles. The van der Waals surface area contributed by atoms with Crippen LogP contribution in [-0.2, 0) is 0 Å². The Morgan fingerprint density at radius 2 is 2.25 bits per heavy atom. The number of nitrogens with two attached hydrogens (primary N) is 1. The van der Waals surface area contributed by atoms with E-state index in [1.165, 1.54) is 50.8 Å². The van der Waals surface area contributed by atoms with Crippen LogP contribution in [0.2, 0.25) is 0 Å². The number of aromatic nitrogens is 1. The second-order valence-corrected chi connectivity index (χ2v) is 6.21. The normalized spacial score (nSPS) is 24.1. The lowest BCUT2D eigenvalue weighted by Crippen LogP contribution is -2.40. The Labute approximate surface area is 123 Å². The van der Waals surface area contributed by atoms with Gasteiger partial charge in [-0.1, -0.05) is 25.8 Å². The molecule has 1 fully saturated rings. The average molecular weight is 275 g/mol. The lowest BCUT2D eigenvalue weighted by atomic mass is 9.96. The Morgan fingerprint density at radius 3 is 2.90 bits per heavy atom. The molecule has 0 bridgehead atoms. The van der Waals surface area contributed by atoms with E-state index < -0.39 is 0 Å². The Balaban J connectivity index is 2.07.